The minimum absolute atomic E-state index is 0.103. The number of carbonyl (C=O) groups excluding carboxylic acids is 4. The van der Waals surface area contributed by atoms with Gasteiger partial charge in [0.05, 0.1) is 17.7 Å². The molecule has 0 aliphatic heterocycles. The summed E-state index contributed by atoms with van der Waals surface area (Å²) in [6.45, 7) is 5.78. The van der Waals surface area contributed by atoms with Gasteiger partial charge in [0.1, 0.15) is 5.70 Å². The molecule has 1 amide bonds. The quantitative estimate of drug-likeness (QED) is 0.391. The van der Waals surface area contributed by atoms with Crippen molar-refractivity contribution in [2.45, 2.75) is 27.7 Å². The number of Topliss-reactive ketones (excluding diaryl/α,β-unsaturated/α-hetero) is 1. The van der Waals surface area contributed by atoms with Crippen LogP contribution in [0, 0.1) is 13.8 Å². The molecule has 8 heteroatoms. The number of rotatable bonds is 8. The van der Waals surface area contributed by atoms with E-state index >= 15 is 0 Å². The predicted molar refractivity (Wildman–Crippen MR) is 110 cm³/mol. The number of aromatic amines is 1. The van der Waals surface area contributed by atoms with E-state index in [1.54, 1.807) is 45.0 Å². The Morgan fingerprint density at radius 3 is 2.23 bits per heavy atom. The van der Waals surface area contributed by atoms with Gasteiger partial charge in [-0.2, -0.15) is 0 Å². The van der Waals surface area contributed by atoms with Crippen molar-refractivity contribution in [2.24, 2.45) is 0 Å². The summed E-state index contributed by atoms with van der Waals surface area (Å²) in [4.78, 5) is 51.8. The van der Waals surface area contributed by atoms with Crippen molar-refractivity contribution in [1.82, 2.24) is 10.3 Å². The largest absolute Gasteiger partial charge is 0.462 e. The summed E-state index contributed by atoms with van der Waals surface area (Å²) in [6.07, 6.45) is 1.45. The van der Waals surface area contributed by atoms with Crippen LogP contribution in [0.15, 0.2) is 36.0 Å². The molecular weight excluding hydrogens is 388 g/mol. The van der Waals surface area contributed by atoms with Crippen LogP contribution < -0.4 is 5.32 Å². The zero-order valence-corrected chi connectivity index (χ0v) is 17.3. The van der Waals surface area contributed by atoms with Gasteiger partial charge in [-0.05, 0) is 32.4 Å². The highest BCUT2D eigenvalue weighted by Crippen LogP contribution is 2.20. The van der Waals surface area contributed by atoms with E-state index in [-0.39, 0.29) is 23.4 Å². The molecule has 0 saturated heterocycles. The maximum atomic E-state index is 12.7. The van der Waals surface area contributed by atoms with Gasteiger partial charge in [0.2, 0.25) is 11.7 Å². The first kappa shape index (κ1) is 22.6. The number of amides is 1. The molecule has 0 aliphatic carbocycles. The number of ketones is 1. The number of benzene rings is 1. The minimum atomic E-state index is -0.870. The molecule has 0 radical (unpaired) electrons. The van der Waals surface area contributed by atoms with E-state index in [4.69, 9.17) is 9.47 Å². The fraction of sp³-hybridized carbons (Fsp3) is 0.273. The number of aryl methyl sites for hydroxylation is 2. The molecular formula is C22H24N2O6. The number of hydrogen-bond donors (Lipinski definition) is 2. The third-order valence-electron chi connectivity index (χ3n) is 4.11. The number of carbonyl (C=O) groups is 4. The fourth-order valence-corrected chi connectivity index (χ4v) is 2.92. The van der Waals surface area contributed by atoms with E-state index in [0.717, 1.165) is 0 Å². The molecule has 158 valence electrons. The highest BCUT2D eigenvalue weighted by atomic mass is 16.5. The Bertz CT molecular complexity index is 989. The van der Waals surface area contributed by atoms with Crippen molar-refractivity contribution in [2.75, 3.05) is 13.2 Å². The lowest BCUT2D eigenvalue weighted by molar-refractivity contribution is -0.139. The second-order valence-electron chi connectivity index (χ2n) is 6.49. The first-order valence-electron chi connectivity index (χ1n) is 9.35. The molecule has 0 bridgehead atoms. The molecule has 2 rings (SSSR count). The number of aromatic nitrogens is 1. The Kier molecular flexibility index (Phi) is 7.69. The molecule has 2 aromatic rings. The zero-order chi connectivity index (χ0) is 22.3. The second-order valence-corrected chi connectivity index (χ2v) is 6.49. The Balaban J connectivity index is 2.20. The van der Waals surface area contributed by atoms with Crippen LogP contribution in [-0.2, 0) is 19.1 Å². The van der Waals surface area contributed by atoms with Crippen LogP contribution in [0.5, 0.6) is 0 Å². The maximum absolute atomic E-state index is 12.7. The monoisotopic (exact) mass is 412 g/mol. The van der Waals surface area contributed by atoms with Crippen LogP contribution in [0.4, 0.5) is 0 Å². The van der Waals surface area contributed by atoms with Crippen LogP contribution in [0.25, 0.3) is 6.08 Å². The number of ether oxygens (including phenoxy) is 2. The minimum Gasteiger partial charge on any atom is -0.462 e. The normalized spacial score (nSPS) is 11.0. The molecule has 0 fully saturated rings. The van der Waals surface area contributed by atoms with Gasteiger partial charge >= 0.3 is 11.9 Å². The van der Waals surface area contributed by atoms with Gasteiger partial charge in [-0.3, -0.25) is 9.59 Å². The lowest BCUT2D eigenvalue weighted by Gasteiger charge is -2.10. The SMILES string of the molecule is CCOC(=O)c1c(C)[nH]c(C)c1C(=O)COC(=O)/C(=C/c1ccccc1)NC(C)=O. The predicted octanol–water partition coefficient (Wildman–Crippen LogP) is 2.71. The van der Waals surface area contributed by atoms with Gasteiger partial charge in [0.25, 0.3) is 0 Å². The lowest BCUT2D eigenvalue weighted by atomic mass is 10.1. The van der Waals surface area contributed by atoms with Gasteiger partial charge in [0.15, 0.2) is 6.61 Å². The summed E-state index contributed by atoms with van der Waals surface area (Å²) in [5, 5.41) is 2.41. The lowest BCUT2D eigenvalue weighted by Crippen LogP contribution is -2.28. The number of nitrogens with one attached hydrogen (secondary N) is 2. The van der Waals surface area contributed by atoms with Gasteiger partial charge < -0.3 is 19.8 Å². The Morgan fingerprint density at radius 1 is 1.00 bits per heavy atom. The summed E-state index contributed by atoms with van der Waals surface area (Å²) in [5.74, 6) is -2.51. The second kappa shape index (κ2) is 10.2. The molecule has 30 heavy (non-hydrogen) atoms. The molecule has 8 nitrogen and oxygen atoms in total. The van der Waals surface area contributed by atoms with Crippen LogP contribution in [0.3, 0.4) is 0 Å². The first-order chi connectivity index (χ1) is 14.2. The van der Waals surface area contributed by atoms with Crippen molar-refractivity contribution in [1.29, 1.82) is 0 Å². The highest BCUT2D eigenvalue weighted by molar-refractivity contribution is 6.09. The van der Waals surface area contributed by atoms with Crippen molar-refractivity contribution < 1.29 is 28.7 Å². The van der Waals surface area contributed by atoms with Crippen molar-refractivity contribution >= 4 is 29.7 Å². The summed E-state index contributed by atoms with van der Waals surface area (Å²) < 4.78 is 10.1. The Hall–Kier alpha value is -3.68. The molecule has 0 saturated carbocycles. The van der Waals surface area contributed by atoms with E-state index < -0.39 is 30.2 Å². The van der Waals surface area contributed by atoms with Crippen molar-refractivity contribution in [3.8, 4) is 0 Å². The highest BCUT2D eigenvalue weighted by Gasteiger charge is 2.26. The van der Waals surface area contributed by atoms with Gasteiger partial charge in [-0.15, -0.1) is 0 Å². The summed E-state index contributed by atoms with van der Waals surface area (Å²) in [6, 6.07) is 8.87. The van der Waals surface area contributed by atoms with Crippen LogP contribution in [0.1, 0.15) is 51.5 Å². The number of H-pyrrole nitrogens is 1. The molecule has 0 spiro atoms. The van der Waals surface area contributed by atoms with Crippen molar-refractivity contribution in [3.63, 3.8) is 0 Å². The Morgan fingerprint density at radius 2 is 1.63 bits per heavy atom. The van der Waals surface area contributed by atoms with Gasteiger partial charge in [0, 0.05) is 18.3 Å². The summed E-state index contributed by atoms with van der Waals surface area (Å²) >= 11 is 0. The average molecular weight is 412 g/mol. The first-order valence-corrected chi connectivity index (χ1v) is 9.35. The van der Waals surface area contributed by atoms with E-state index in [2.05, 4.69) is 10.3 Å². The summed E-state index contributed by atoms with van der Waals surface area (Å²) in [7, 11) is 0. The van der Waals surface area contributed by atoms with E-state index in [1.165, 1.54) is 13.0 Å². The third kappa shape index (κ3) is 5.66. The standard InChI is InChI=1S/C22H24N2O6/c1-5-29-22(28)20-14(3)23-13(2)19(20)18(26)12-30-21(27)17(24-15(4)25)11-16-9-7-6-8-10-16/h6-11,23H,5,12H2,1-4H3,(H,24,25)/b17-11-. The molecule has 1 aromatic heterocycles. The van der Waals surface area contributed by atoms with Crippen LogP contribution in [-0.4, -0.2) is 41.8 Å². The van der Waals surface area contributed by atoms with Gasteiger partial charge in [-0.1, -0.05) is 30.3 Å². The van der Waals surface area contributed by atoms with E-state index in [9.17, 15) is 19.2 Å². The molecule has 0 unspecified atom stereocenters. The molecule has 0 atom stereocenters. The molecule has 2 N–H and O–H groups in total. The van der Waals surface area contributed by atoms with Crippen molar-refractivity contribution in [3.05, 3.63) is 64.1 Å². The van der Waals surface area contributed by atoms with E-state index in [1.807, 2.05) is 6.07 Å². The fourth-order valence-electron chi connectivity index (χ4n) is 2.92. The molecule has 1 heterocycles. The number of esters is 2. The summed E-state index contributed by atoms with van der Waals surface area (Å²) in [5.41, 5.74) is 1.77. The zero-order valence-electron chi connectivity index (χ0n) is 17.3. The van der Waals surface area contributed by atoms with E-state index in [0.29, 0.717) is 17.0 Å². The molecule has 0 aliphatic rings. The smallest absolute Gasteiger partial charge is 0.355 e. The van der Waals surface area contributed by atoms with Crippen LogP contribution in [0.2, 0.25) is 0 Å². The molecule has 1 aromatic carbocycles. The third-order valence-corrected chi connectivity index (χ3v) is 4.11. The Labute approximate surface area is 174 Å². The average Bonchev–Trinajstić information content (AvgIpc) is 3.00. The van der Waals surface area contributed by atoms with Crippen LogP contribution >= 0.6 is 0 Å². The topological polar surface area (TPSA) is 115 Å². The maximum Gasteiger partial charge on any atom is 0.355 e. The number of hydrogen-bond acceptors (Lipinski definition) is 6. The van der Waals surface area contributed by atoms with Gasteiger partial charge in [-0.25, -0.2) is 9.59 Å².